The summed E-state index contributed by atoms with van der Waals surface area (Å²) in [4.78, 5) is 12.4. The number of carbonyl (C=O) groups is 1. The van der Waals surface area contributed by atoms with Gasteiger partial charge < -0.3 is 10.1 Å². The number of ether oxygens (including phenoxy) is 1. The van der Waals surface area contributed by atoms with E-state index in [0.29, 0.717) is 5.92 Å². The van der Waals surface area contributed by atoms with Gasteiger partial charge in [-0.1, -0.05) is 66.2 Å². The van der Waals surface area contributed by atoms with Crippen LogP contribution in [0.3, 0.4) is 0 Å². The quantitative estimate of drug-likeness (QED) is 0.554. The van der Waals surface area contributed by atoms with E-state index in [1.54, 1.807) is 0 Å². The molecule has 0 spiro atoms. The van der Waals surface area contributed by atoms with Crippen LogP contribution in [0, 0.1) is 6.92 Å². The maximum atomic E-state index is 12.4. The summed E-state index contributed by atoms with van der Waals surface area (Å²) in [6.07, 6.45) is 0. The summed E-state index contributed by atoms with van der Waals surface area (Å²) < 4.78 is 6.90. The van der Waals surface area contributed by atoms with Gasteiger partial charge in [-0.15, -0.1) is 0 Å². The molecule has 134 valence electrons. The largest absolute Gasteiger partial charge is 0.483 e. The summed E-state index contributed by atoms with van der Waals surface area (Å²) in [5, 5.41) is 5.07. The van der Waals surface area contributed by atoms with E-state index in [1.165, 1.54) is 0 Å². The standard InChI is InChI=1S/C22H22BrNO2/c1-14(2)18-12-19(23)15(3)11-21(18)26-13-22(25)24-20-10-6-8-16-7-4-5-9-17(16)20/h4-12,14H,13H2,1-3H3,(H,24,25). The number of amides is 1. The Balaban J connectivity index is 1.74. The smallest absolute Gasteiger partial charge is 0.262 e. The first-order valence-corrected chi connectivity index (χ1v) is 9.45. The van der Waals surface area contributed by atoms with E-state index in [4.69, 9.17) is 4.74 Å². The molecule has 3 aromatic carbocycles. The van der Waals surface area contributed by atoms with Gasteiger partial charge in [0.1, 0.15) is 5.75 Å². The number of fused-ring (bicyclic) bond motifs is 1. The molecule has 0 fully saturated rings. The van der Waals surface area contributed by atoms with Crippen molar-refractivity contribution in [1.29, 1.82) is 0 Å². The highest BCUT2D eigenvalue weighted by Crippen LogP contribution is 2.32. The van der Waals surface area contributed by atoms with Crippen molar-refractivity contribution in [1.82, 2.24) is 0 Å². The minimum absolute atomic E-state index is 0.0238. The lowest BCUT2D eigenvalue weighted by Gasteiger charge is -2.16. The zero-order chi connectivity index (χ0) is 18.7. The molecule has 0 unspecified atom stereocenters. The number of nitrogens with one attached hydrogen (secondary N) is 1. The fourth-order valence-corrected chi connectivity index (χ4v) is 3.27. The van der Waals surface area contributed by atoms with Crippen LogP contribution in [0.15, 0.2) is 59.1 Å². The molecule has 0 aliphatic heterocycles. The van der Waals surface area contributed by atoms with Crippen molar-refractivity contribution in [3.8, 4) is 5.75 Å². The van der Waals surface area contributed by atoms with Crippen molar-refractivity contribution in [2.75, 3.05) is 11.9 Å². The first kappa shape index (κ1) is 18.5. The maximum absolute atomic E-state index is 12.4. The van der Waals surface area contributed by atoms with Crippen LogP contribution in [0.1, 0.15) is 30.9 Å². The van der Waals surface area contributed by atoms with Crippen molar-refractivity contribution >= 4 is 38.3 Å². The third kappa shape index (κ3) is 4.07. The normalized spacial score (nSPS) is 11.0. The number of benzene rings is 3. The highest BCUT2D eigenvalue weighted by molar-refractivity contribution is 9.10. The van der Waals surface area contributed by atoms with Crippen molar-refractivity contribution in [2.45, 2.75) is 26.7 Å². The molecule has 0 heterocycles. The van der Waals surface area contributed by atoms with Crippen molar-refractivity contribution in [3.63, 3.8) is 0 Å². The summed E-state index contributed by atoms with van der Waals surface area (Å²) in [5.74, 6) is 0.897. The Labute approximate surface area is 162 Å². The van der Waals surface area contributed by atoms with Crippen molar-refractivity contribution in [3.05, 3.63) is 70.2 Å². The zero-order valence-corrected chi connectivity index (χ0v) is 16.8. The molecular formula is C22H22BrNO2. The topological polar surface area (TPSA) is 38.3 Å². The van der Waals surface area contributed by atoms with E-state index in [9.17, 15) is 4.79 Å². The predicted octanol–water partition coefficient (Wildman–Crippen LogP) is 6.05. The van der Waals surface area contributed by atoms with Gasteiger partial charge in [0.25, 0.3) is 5.91 Å². The lowest BCUT2D eigenvalue weighted by Crippen LogP contribution is -2.20. The molecule has 0 radical (unpaired) electrons. The lowest BCUT2D eigenvalue weighted by atomic mass is 10.0. The van der Waals surface area contributed by atoms with Gasteiger partial charge in [0.15, 0.2) is 6.61 Å². The first-order chi connectivity index (χ1) is 12.5. The zero-order valence-electron chi connectivity index (χ0n) is 15.2. The average Bonchev–Trinajstić information content (AvgIpc) is 2.62. The predicted molar refractivity (Wildman–Crippen MR) is 111 cm³/mol. The average molecular weight is 412 g/mol. The van der Waals surface area contributed by atoms with Gasteiger partial charge in [0.2, 0.25) is 0 Å². The fraction of sp³-hybridized carbons (Fsp3) is 0.227. The fourth-order valence-electron chi connectivity index (χ4n) is 2.91. The molecule has 0 aromatic heterocycles. The molecule has 3 nitrogen and oxygen atoms in total. The summed E-state index contributed by atoms with van der Waals surface area (Å²) in [6, 6.07) is 17.9. The number of carbonyl (C=O) groups excluding carboxylic acids is 1. The Morgan fingerprint density at radius 3 is 2.62 bits per heavy atom. The van der Waals surface area contributed by atoms with Crippen LogP contribution in [-0.4, -0.2) is 12.5 Å². The van der Waals surface area contributed by atoms with Gasteiger partial charge in [-0.25, -0.2) is 0 Å². The van der Waals surface area contributed by atoms with Crippen LogP contribution in [-0.2, 0) is 4.79 Å². The molecule has 0 bridgehead atoms. The van der Waals surface area contributed by atoms with Crippen LogP contribution in [0.25, 0.3) is 10.8 Å². The second-order valence-corrected chi connectivity index (χ2v) is 7.51. The van der Waals surface area contributed by atoms with Crippen LogP contribution in [0.4, 0.5) is 5.69 Å². The van der Waals surface area contributed by atoms with E-state index in [2.05, 4.69) is 41.2 Å². The Kier molecular flexibility index (Phi) is 5.62. The summed E-state index contributed by atoms with van der Waals surface area (Å²) in [5.41, 5.74) is 2.96. The number of anilines is 1. The third-order valence-electron chi connectivity index (χ3n) is 4.34. The molecule has 0 atom stereocenters. The van der Waals surface area contributed by atoms with Gasteiger partial charge in [-0.2, -0.15) is 0 Å². The lowest BCUT2D eigenvalue weighted by molar-refractivity contribution is -0.118. The molecule has 1 N–H and O–H groups in total. The van der Waals surface area contributed by atoms with Crippen LogP contribution in [0.5, 0.6) is 5.75 Å². The summed E-state index contributed by atoms with van der Waals surface area (Å²) in [7, 11) is 0. The van der Waals surface area contributed by atoms with Crippen molar-refractivity contribution in [2.24, 2.45) is 0 Å². The molecule has 0 aliphatic carbocycles. The molecule has 26 heavy (non-hydrogen) atoms. The molecule has 0 saturated carbocycles. The second-order valence-electron chi connectivity index (χ2n) is 6.66. The number of rotatable bonds is 5. The van der Waals surface area contributed by atoms with Gasteiger partial charge in [-0.05, 0) is 47.6 Å². The van der Waals surface area contributed by atoms with Crippen LogP contribution < -0.4 is 10.1 Å². The second kappa shape index (κ2) is 7.92. The van der Waals surface area contributed by atoms with Gasteiger partial charge in [-0.3, -0.25) is 4.79 Å². The summed E-state index contributed by atoms with van der Waals surface area (Å²) >= 11 is 3.56. The third-order valence-corrected chi connectivity index (χ3v) is 5.19. The maximum Gasteiger partial charge on any atom is 0.262 e. The monoisotopic (exact) mass is 411 g/mol. The Hall–Kier alpha value is -2.33. The van der Waals surface area contributed by atoms with Crippen LogP contribution in [0.2, 0.25) is 0 Å². The highest BCUT2D eigenvalue weighted by atomic mass is 79.9. The SMILES string of the molecule is Cc1cc(OCC(=O)Nc2cccc3ccccc23)c(C(C)C)cc1Br. The van der Waals surface area contributed by atoms with Crippen molar-refractivity contribution < 1.29 is 9.53 Å². The molecule has 0 aliphatic rings. The minimum Gasteiger partial charge on any atom is -0.483 e. The Morgan fingerprint density at radius 1 is 1.12 bits per heavy atom. The van der Waals surface area contributed by atoms with E-state index in [-0.39, 0.29) is 12.5 Å². The molecule has 0 saturated heterocycles. The Bertz CT molecular complexity index is 945. The summed E-state index contributed by atoms with van der Waals surface area (Å²) in [6.45, 7) is 6.21. The minimum atomic E-state index is -0.170. The van der Waals surface area contributed by atoms with Gasteiger partial charge >= 0.3 is 0 Å². The van der Waals surface area contributed by atoms with E-state index < -0.39 is 0 Å². The molecular weight excluding hydrogens is 390 g/mol. The molecule has 3 rings (SSSR count). The first-order valence-electron chi connectivity index (χ1n) is 8.66. The van der Waals surface area contributed by atoms with Gasteiger partial charge in [0.05, 0.1) is 0 Å². The number of aryl methyl sites for hydroxylation is 1. The Morgan fingerprint density at radius 2 is 1.85 bits per heavy atom. The van der Waals surface area contributed by atoms with E-state index >= 15 is 0 Å². The number of halogens is 1. The van der Waals surface area contributed by atoms with E-state index in [0.717, 1.165) is 37.8 Å². The molecule has 4 heteroatoms. The highest BCUT2D eigenvalue weighted by Gasteiger charge is 2.13. The number of hydrogen-bond donors (Lipinski definition) is 1. The molecule has 1 amide bonds. The van der Waals surface area contributed by atoms with E-state index in [1.807, 2.05) is 55.5 Å². The van der Waals surface area contributed by atoms with Gasteiger partial charge in [0, 0.05) is 15.5 Å². The molecule has 3 aromatic rings. The van der Waals surface area contributed by atoms with Crippen LogP contribution >= 0.6 is 15.9 Å². The number of hydrogen-bond acceptors (Lipinski definition) is 2.